The number of nitrogens with zero attached hydrogens (tertiary/aromatic N) is 3. The van der Waals surface area contributed by atoms with Crippen molar-refractivity contribution in [3.05, 3.63) is 34.1 Å². The molecule has 3 rings (SSSR count). The summed E-state index contributed by atoms with van der Waals surface area (Å²) in [6.45, 7) is 2.73. The van der Waals surface area contributed by atoms with E-state index in [-0.39, 0.29) is 11.7 Å². The molecule has 2 atom stereocenters. The third-order valence-corrected chi connectivity index (χ3v) is 4.51. The molecule has 0 aromatic heterocycles. The summed E-state index contributed by atoms with van der Waals surface area (Å²) in [5.41, 5.74) is 0.429. The van der Waals surface area contributed by atoms with Gasteiger partial charge in [-0.05, 0) is 38.4 Å². The lowest BCUT2D eigenvalue weighted by atomic mass is 9.92. The van der Waals surface area contributed by atoms with E-state index in [1.54, 1.807) is 0 Å². The normalized spacial score (nSPS) is 26.6. The van der Waals surface area contributed by atoms with Crippen LogP contribution in [0.25, 0.3) is 0 Å². The number of benzene rings is 1. The summed E-state index contributed by atoms with van der Waals surface area (Å²) in [4.78, 5) is 15.0. The molecule has 0 aliphatic carbocycles. The number of anilines is 1. The van der Waals surface area contributed by atoms with Gasteiger partial charge in [0.15, 0.2) is 0 Å². The number of piperidine rings is 1. The Bertz CT molecular complexity index is 537. The largest absolute Gasteiger partial charge is 0.361 e. The molecular weight excluding hydrogens is 261 g/mol. The van der Waals surface area contributed by atoms with Crippen molar-refractivity contribution in [2.24, 2.45) is 5.92 Å². The van der Waals surface area contributed by atoms with E-state index in [0.717, 1.165) is 38.5 Å². The van der Waals surface area contributed by atoms with E-state index in [4.69, 9.17) is 0 Å². The fourth-order valence-corrected chi connectivity index (χ4v) is 3.48. The van der Waals surface area contributed by atoms with Crippen LogP contribution < -0.4 is 4.90 Å². The van der Waals surface area contributed by atoms with Gasteiger partial charge in [0.25, 0.3) is 5.69 Å². The zero-order valence-electron chi connectivity index (χ0n) is 11.5. The third kappa shape index (κ3) is 2.24. The molecule has 2 aliphatic heterocycles. The summed E-state index contributed by atoms with van der Waals surface area (Å²) < 4.78 is 13.5. The SMILES string of the molecule is CN1CC[C@@H]2CCN(c3cc(F)ccc3[N+](=O)[O-])[C@@H]2C1. The summed E-state index contributed by atoms with van der Waals surface area (Å²) in [6.07, 6.45) is 2.15. The number of fused-ring (bicyclic) bond motifs is 1. The van der Waals surface area contributed by atoms with E-state index in [9.17, 15) is 14.5 Å². The molecule has 0 N–H and O–H groups in total. The predicted octanol–water partition coefficient (Wildman–Crippen LogP) is 2.26. The zero-order chi connectivity index (χ0) is 14.3. The van der Waals surface area contributed by atoms with Crippen LogP contribution in [0, 0.1) is 21.8 Å². The van der Waals surface area contributed by atoms with Crippen LogP contribution in [0.1, 0.15) is 12.8 Å². The number of likely N-dealkylation sites (N-methyl/N-ethyl adjacent to an activating group) is 1. The summed E-state index contributed by atoms with van der Waals surface area (Å²) in [6, 6.07) is 3.98. The van der Waals surface area contributed by atoms with Crippen molar-refractivity contribution in [1.82, 2.24) is 4.90 Å². The molecule has 2 fully saturated rings. The number of likely N-dealkylation sites (tertiary alicyclic amines) is 1. The van der Waals surface area contributed by atoms with Crippen molar-refractivity contribution < 1.29 is 9.31 Å². The lowest BCUT2D eigenvalue weighted by molar-refractivity contribution is -0.384. The van der Waals surface area contributed by atoms with Crippen LogP contribution >= 0.6 is 0 Å². The first-order valence-electron chi connectivity index (χ1n) is 6.95. The van der Waals surface area contributed by atoms with Crippen LogP contribution in [-0.2, 0) is 0 Å². The molecule has 108 valence electrons. The van der Waals surface area contributed by atoms with Gasteiger partial charge in [-0.2, -0.15) is 0 Å². The van der Waals surface area contributed by atoms with Gasteiger partial charge in [0.05, 0.1) is 4.92 Å². The fourth-order valence-electron chi connectivity index (χ4n) is 3.48. The predicted molar refractivity (Wildman–Crippen MR) is 74.4 cm³/mol. The van der Waals surface area contributed by atoms with Gasteiger partial charge in [0.1, 0.15) is 11.5 Å². The highest BCUT2D eigenvalue weighted by Crippen LogP contribution is 2.39. The van der Waals surface area contributed by atoms with E-state index < -0.39 is 10.7 Å². The summed E-state index contributed by atoms with van der Waals surface area (Å²) >= 11 is 0. The topological polar surface area (TPSA) is 49.6 Å². The van der Waals surface area contributed by atoms with E-state index >= 15 is 0 Å². The van der Waals surface area contributed by atoms with E-state index in [0.29, 0.717) is 11.6 Å². The first-order chi connectivity index (χ1) is 9.56. The number of rotatable bonds is 2. The molecule has 20 heavy (non-hydrogen) atoms. The standard InChI is InChI=1S/C14H18FN3O2/c1-16-6-4-10-5-7-17(14(10)9-16)13-8-11(15)2-3-12(13)18(19)20/h2-3,8,10,14H,4-7,9H2,1H3/t10-,14-/m1/s1. The van der Waals surface area contributed by atoms with Crippen LogP contribution in [0.15, 0.2) is 18.2 Å². The average Bonchev–Trinajstić information content (AvgIpc) is 2.81. The monoisotopic (exact) mass is 279 g/mol. The fraction of sp³-hybridized carbons (Fsp3) is 0.571. The number of hydrogen-bond donors (Lipinski definition) is 0. The second-order valence-electron chi connectivity index (χ2n) is 5.75. The van der Waals surface area contributed by atoms with Gasteiger partial charge in [0.2, 0.25) is 0 Å². The average molecular weight is 279 g/mol. The second kappa shape index (κ2) is 5.01. The maximum atomic E-state index is 13.5. The number of halogens is 1. The minimum absolute atomic E-state index is 0.000256. The Labute approximate surface area is 117 Å². The molecular formula is C14H18FN3O2. The van der Waals surface area contributed by atoms with E-state index in [1.807, 2.05) is 4.90 Å². The molecule has 0 amide bonds. The first-order valence-corrected chi connectivity index (χ1v) is 6.95. The smallest absolute Gasteiger partial charge is 0.292 e. The van der Waals surface area contributed by atoms with Crippen LogP contribution in [0.2, 0.25) is 0 Å². The van der Waals surface area contributed by atoms with Gasteiger partial charge >= 0.3 is 0 Å². The van der Waals surface area contributed by atoms with Crippen molar-refractivity contribution in [1.29, 1.82) is 0 Å². The van der Waals surface area contributed by atoms with Gasteiger partial charge in [-0.25, -0.2) is 4.39 Å². The number of hydrogen-bond acceptors (Lipinski definition) is 4. The molecule has 2 aliphatic rings. The first kappa shape index (κ1) is 13.3. The molecule has 2 saturated heterocycles. The Balaban J connectivity index is 1.96. The number of nitro groups is 1. The highest BCUT2D eigenvalue weighted by molar-refractivity contribution is 5.64. The van der Waals surface area contributed by atoms with Crippen LogP contribution in [0.3, 0.4) is 0 Å². The third-order valence-electron chi connectivity index (χ3n) is 4.51. The van der Waals surface area contributed by atoms with Crippen LogP contribution in [0.5, 0.6) is 0 Å². The Morgan fingerprint density at radius 1 is 1.35 bits per heavy atom. The Morgan fingerprint density at radius 3 is 2.85 bits per heavy atom. The second-order valence-corrected chi connectivity index (χ2v) is 5.75. The molecule has 0 bridgehead atoms. The van der Waals surface area contributed by atoms with Gasteiger partial charge < -0.3 is 9.80 Å². The molecule has 1 aromatic rings. The Hall–Kier alpha value is -1.69. The quantitative estimate of drug-likeness (QED) is 0.615. The Morgan fingerprint density at radius 2 is 2.10 bits per heavy atom. The minimum atomic E-state index is -0.422. The molecule has 0 unspecified atom stereocenters. The van der Waals surface area contributed by atoms with Gasteiger partial charge in [-0.3, -0.25) is 10.1 Å². The van der Waals surface area contributed by atoms with Crippen molar-refractivity contribution in [3.63, 3.8) is 0 Å². The van der Waals surface area contributed by atoms with Crippen molar-refractivity contribution in [2.75, 3.05) is 31.6 Å². The van der Waals surface area contributed by atoms with Gasteiger partial charge in [-0.15, -0.1) is 0 Å². The minimum Gasteiger partial charge on any atom is -0.361 e. The maximum absolute atomic E-state index is 13.5. The molecule has 5 nitrogen and oxygen atoms in total. The van der Waals surface area contributed by atoms with E-state index in [1.165, 1.54) is 12.1 Å². The van der Waals surface area contributed by atoms with Gasteiger partial charge in [0, 0.05) is 31.3 Å². The summed E-state index contributed by atoms with van der Waals surface area (Å²) in [5.74, 6) is 0.146. The molecule has 0 spiro atoms. The van der Waals surface area contributed by atoms with Crippen LogP contribution in [0.4, 0.5) is 15.8 Å². The van der Waals surface area contributed by atoms with Crippen LogP contribution in [-0.4, -0.2) is 42.5 Å². The molecule has 0 radical (unpaired) electrons. The molecule has 2 heterocycles. The number of nitro benzene ring substituents is 1. The summed E-state index contributed by atoms with van der Waals surface area (Å²) in [5, 5.41) is 11.2. The van der Waals surface area contributed by atoms with E-state index in [2.05, 4.69) is 11.9 Å². The molecule has 0 saturated carbocycles. The van der Waals surface area contributed by atoms with Gasteiger partial charge in [-0.1, -0.05) is 0 Å². The lowest BCUT2D eigenvalue weighted by Crippen LogP contribution is -2.46. The summed E-state index contributed by atoms with van der Waals surface area (Å²) in [7, 11) is 2.06. The van der Waals surface area contributed by atoms with Crippen molar-refractivity contribution in [3.8, 4) is 0 Å². The molecule has 6 heteroatoms. The van der Waals surface area contributed by atoms with Crippen molar-refractivity contribution in [2.45, 2.75) is 18.9 Å². The molecule has 1 aromatic carbocycles. The highest BCUT2D eigenvalue weighted by atomic mass is 19.1. The van der Waals surface area contributed by atoms with Crippen molar-refractivity contribution >= 4 is 11.4 Å². The Kier molecular flexibility index (Phi) is 3.33. The zero-order valence-corrected chi connectivity index (χ0v) is 11.5. The lowest BCUT2D eigenvalue weighted by Gasteiger charge is -2.37. The highest BCUT2D eigenvalue weighted by Gasteiger charge is 2.39. The maximum Gasteiger partial charge on any atom is 0.292 e.